The van der Waals surface area contributed by atoms with Crippen LogP contribution in [0.15, 0.2) is 67.0 Å². The van der Waals surface area contributed by atoms with Crippen molar-refractivity contribution in [3.8, 4) is 11.4 Å². The molecule has 3 rings (SSSR count). The first-order chi connectivity index (χ1) is 13.1. The number of hydrogen-bond donors (Lipinski definition) is 0. The van der Waals surface area contributed by atoms with Crippen molar-refractivity contribution < 1.29 is 19.1 Å². The molecule has 0 amide bonds. The average Bonchev–Trinajstić information content (AvgIpc) is 3.14. The third-order valence-electron chi connectivity index (χ3n) is 3.88. The van der Waals surface area contributed by atoms with Gasteiger partial charge in [0, 0.05) is 11.8 Å². The van der Waals surface area contributed by atoms with Crippen molar-refractivity contribution >= 4 is 11.8 Å². The van der Waals surface area contributed by atoms with Crippen LogP contribution in [-0.4, -0.2) is 34.7 Å². The molecular weight excluding hydrogens is 344 g/mol. The first kappa shape index (κ1) is 18.4. The van der Waals surface area contributed by atoms with E-state index in [0.29, 0.717) is 11.3 Å². The van der Waals surface area contributed by atoms with Gasteiger partial charge in [-0.15, -0.1) is 0 Å². The summed E-state index contributed by atoms with van der Waals surface area (Å²) in [5.74, 6) is 0.0641. The van der Waals surface area contributed by atoms with Crippen LogP contribution < -0.4 is 4.74 Å². The minimum absolute atomic E-state index is 0.0713. The molecule has 6 nitrogen and oxygen atoms in total. The molecule has 6 heteroatoms. The molecule has 0 aliphatic rings. The Morgan fingerprint density at radius 3 is 2.52 bits per heavy atom. The SMILES string of the molecule is CC(=O)c1ccccc1OCCOC(=O)Cc1cnn(-c2ccccc2)c1. The van der Waals surface area contributed by atoms with Crippen LogP contribution in [0.25, 0.3) is 5.69 Å². The summed E-state index contributed by atoms with van der Waals surface area (Å²) in [4.78, 5) is 23.5. The lowest BCUT2D eigenvalue weighted by atomic mass is 10.1. The number of benzene rings is 2. The normalized spacial score (nSPS) is 10.4. The molecule has 1 heterocycles. The number of ether oxygens (including phenoxy) is 2. The number of hydrogen-bond acceptors (Lipinski definition) is 5. The van der Waals surface area contributed by atoms with Crippen molar-refractivity contribution in [2.24, 2.45) is 0 Å². The van der Waals surface area contributed by atoms with Crippen LogP contribution in [0.4, 0.5) is 0 Å². The highest BCUT2D eigenvalue weighted by atomic mass is 16.6. The predicted octanol–water partition coefficient (Wildman–Crippen LogP) is 3.24. The van der Waals surface area contributed by atoms with Gasteiger partial charge in [0.1, 0.15) is 19.0 Å². The second-order valence-electron chi connectivity index (χ2n) is 5.93. The van der Waals surface area contributed by atoms with Gasteiger partial charge < -0.3 is 9.47 Å². The van der Waals surface area contributed by atoms with Gasteiger partial charge in [0.05, 0.1) is 23.9 Å². The van der Waals surface area contributed by atoms with E-state index in [0.717, 1.165) is 11.3 Å². The van der Waals surface area contributed by atoms with Crippen LogP contribution in [0.3, 0.4) is 0 Å². The molecule has 0 spiro atoms. The van der Waals surface area contributed by atoms with Crippen LogP contribution in [0.5, 0.6) is 5.75 Å². The Morgan fingerprint density at radius 2 is 1.74 bits per heavy atom. The summed E-state index contributed by atoms with van der Waals surface area (Å²) in [6, 6.07) is 16.6. The van der Waals surface area contributed by atoms with Gasteiger partial charge in [-0.2, -0.15) is 5.10 Å². The minimum atomic E-state index is -0.355. The number of esters is 1. The monoisotopic (exact) mass is 364 g/mol. The van der Waals surface area contributed by atoms with E-state index in [1.54, 1.807) is 41.3 Å². The number of nitrogens with zero attached hydrogens (tertiary/aromatic N) is 2. The number of rotatable bonds is 8. The molecule has 0 aliphatic heterocycles. The molecular formula is C21H20N2O4. The van der Waals surface area contributed by atoms with Crippen LogP contribution >= 0.6 is 0 Å². The van der Waals surface area contributed by atoms with Crippen molar-refractivity contribution in [1.29, 1.82) is 0 Å². The number of carbonyl (C=O) groups is 2. The maximum Gasteiger partial charge on any atom is 0.310 e. The second-order valence-corrected chi connectivity index (χ2v) is 5.93. The van der Waals surface area contributed by atoms with Gasteiger partial charge in [0.25, 0.3) is 0 Å². The third kappa shape index (κ3) is 5.04. The first-order valence-electron chi connectivity index (χ1n) is 8.61. The van der Waals surface area contributed by atoms with Gasteiger partial charge >= 0.3 is 5.97 Å². The second kappa shape index (κ2) is 8.80. The lowest BCUT2D eigenvalue weighted by Gasteiger charge is -2.09. The van der Waals surface area contributed by atoms with Crippen molar-refractivity contribution in [2.45, 2.75) is 13.3 Å². The summed E-state index contributed by atoms with van der Waals surface area (Å²) in [5, 5.41) is 4.25. The Labute approximate surface area is 157 Å². The molecule has 1 aromatic heterocycles. The highest BCUT2D eigenvalue weighted by Crippen LogP contribution is 2.18. The molecule has 3 aromatic rings. The Morgan fingerprint density at radius 1 is 1.00 bits per heavy atom. The molecule has 0 fully saturated rings. The smallest absolute Gasteiger partial charge is 0.310 e. The standard InChI is InChI=1S/C21H20N2O4/c1-16(24)19-9-5-6-10-20(19)26-11-12-27-21(25)13-17-14-22-23(15-17)18-7-3-2-4-8-18/h2-10,14-15H,11-13H2,1H3. The van der Waals surface area contributed by atoms with Gasteiger partial charge in [-0.1, -0.05) is 30.3 Å². The number of para-hydroxylation sites is 2. The van der Waals surface area contributed by atoms with E-state index in [1.807, 2.05) is 30.3 Å². The van der Waals surface area contributed by atoms with Crippen molar-refractivity contribution in [1.82, 2.24) is 9.78 Å². The average molecular weight is 364 g/mol. The summed E-state index contributed by atoms with van der Waals surface area (Å²) in [5.41, 5.74) is 2.21. The van der Waals surface area contributed by atoms with E-state index in [1.165, 1.54) is 6.92 Å². The van der Waals surface area contributed by atoms with E-state index < -0.39 is 0 Å². The Bertz CT molecular complexity index is 919. The zero-order valence-electron chi connectivity index (χ0n) is 15.0. The van der Waals surface area contributed by atoms with Gasteiger partial charge in [0.2, 0.25) is 0 Å². The van der Waals surface area contributed by atoms with E-state index in [4.69, 9.17) is 9.47 Å². The van der Waals surface area contributed by atoms with E-state index >= 15 is 0 Å². The van der Waals surface area contributed by atoms with Crippen LogP contribution in [0.1, 0.15) is 22.8 Å². The van der Waals surface area contributed by atoms with Crippen molar-refractivity contribution in [2.75, 3.05) is 13.2 Å². The van der Waals surface area contributed by atoms with Crippen molar-refractivity contribution in [3.05, 3.63) is 78.1 Å². The Balaban J connectivity index is 1.46. The first-order valence-corrected chi connectivity index (χ1v) is 8.61. The Kier molecular flexibility index (Phi) is 5.99. The third-order valence-corrected chi connectivity index (χ3v) is 3.88. The van der Waals surface area contributed by atoms with Crippen LogP contribution in [0.2, 0.25) is 0 Å². The number of ketones is 1. The minimum Gasteiger partial charge on any atom is -0.489 e. The number of aromatic nitrogens is 2. The van der Waals surface area contributed by atoms with Gasteiger partial charge in [-0.3, -0.25) is 9.59 Å². The van der Waals surface area contributed by atoms with Crippen LogP contribution in [-0.2, 0) is 16.0 Å². The zero-order chi connectivity index (χ0) is 19.1. The summed E-state index contributed by atoms with van der Waals surface area (Å²) >= 11 is 0. The van der Waals surface area contributed by atoms with E-state index in [9.17, 15) is 9.59 Å². The summed E-state index contributed by atoms with van der Waals surface area (Å²) in [7, 11) is 0. The molecule has 0 aliphatic carbocycles. The quantitative estimate of drug-likeness (QED) is 0.349. The fourth-order valence-electron chi connectivity index (χ4n) is 2.58. The molecule has 0 saturated heterocycles. The van der Waals surface area contributed by atoms with Gasteiger partial charge in [-0.25, -0.2) is 4.68 Å². The fourth-order valence-corrected chi connectivity index (χ4v) is 2.58. The molecule has 0 atom stereocenters. The largest absolute Gasteiger partial charge is 0.489 e. The summed E-state index contributed by atoms with van der Waals surface area (Å²) in [6.07, 6.45) is 3.58. The number of Topliss-reactive ketones (excluding diaryl/α,β-unsaturated/α-hetero) is 1. The molecule has 0 radical (unpaired) electrons. The van der Waals surface area contributed by atoms with Gasteiger partial charge in [0.15, 0.2) is 5.78 Å². The maximum atomic E-state index is 12.0. The lowest BCUT2D eigenvalue weighted by Crippen LogP contribution is -2.14. The molecule has 0 N–H and O–H groups in total. The molecule has 0 unspecified atom stereocenters. The van der Waals surface area contributed by atoms with Crippen molar-refractivity contribution in [3.63, 3.8) is 0 Å². The predicted molar refractivity (Wildman–Crippen MR) is 100 cm³/mol. The lowest BCUT2D eigenvalue weighted by molar-refractivity contribution is -0.143. The molecule has 0 saturated carbocycles. The Hall–Kier alpha value is -3.41. The molecule has 27 heavy (non-hydrogen) atoms. The highest BCUT2D eigenvalue weighted by molar-refractivity contribution is 5.96. The van der Waals surface area contributed by atoms with E-state index in [2.05, 4.69) is 5.10 Å². The van der Waals surface area contributed by atoms with Gasteiger partial charge in [-0.05, 0) is 31.2 Å². The molecule has 138 valence electrons. The van der Waals surface area contributed by atoms with Crippen LogP contribution in [0, 0.1) is 0 Å². The topological polar surface area (TPSA) is 70.4 Å². The maximum absolute atomic E-state index is 12.0. The fraction of sp³-hybridized carbons (Fsp3) is 0.190. The highest BCUT2D eigenvalue weighted by Gasteiger charge is 2.10. The number of carbonyl (C=O) groups excluding carboxylic acids is 2. The zero-order valence-corrected chi connectivity index (χ0v) is 15.0. The molecule has 2 aromatic carbocycles. The molecule has 0 bridgehead atoms. The van der Waals surface area contributed by atoms with E-state index in [-0.39, 0.29) is 31.4 Å². The summed E-state index contributed by atoms with van der Waals surface area (Å²) in [6.45, 7) is 1.77. The summed E-state index contributed by atoms with van der Waals surface area (Å²) < 4.78 is 12.5.